The number of carbonyl (C=O) groups is 2. The molecule has 0 aromatic heterocycles. The topological polar surface area (TPSA) is 105 Å². The number of nitrogens with zero attached hydrogens (tertiary/aromatic N) is 1. The first-order valence-corrected chi connectivity index (χ1v) is 12.0. The molecule has 180 valence electrons. The average Bonchev–Trinajstić information content (AvgIpc) is 3.39. The van der Waals surface area contributed by atoms with Gasteiger partial charge < -0.3 is 15.4 Å². The van der Waals surface area contributed by atoms with Crippen molar-refractivity contribution >= 4 is 21.8 Å². The van der Waals surface area contributed by atoms with Crippen molar-refractivity contribution in [3.63, 3.8) is 0 Å². The predicted molar refractivity (Wildman–Crippen MR) is 118 cm³/mol. The Morgan fingerprint density at radius 1 is 1.12 bits per heavy atom. The minimum Gasteiger partial charge on any atom is -0.354 e. The number of carbonyl (C=O) groups excluding carboxylic acids is 2. The van der Waals surface area contributed by atoms with Crippen LogP contribution in [0.15, 0.2) is 60.0 Å². The van der Waals surface area contributed by atoms with Crippen molar-refractivity contribution < 1.29 is 31.5 Å². The number of hydrogen-bond donors (Lipinski definition) is 2. The highest BCUT2D eigenvalue weighted by Gasteiger charge is 2.46. The standard InChI is InChI=1S/C23H23F2N3O5S/c1-2-21(29)27-22-10-16-12-28(13-20(16)33-22)34(31,32)17-6-4-15(5-7-17)23(30)26-11-14-3-8-18(24)19(25)9-14/h2-9,16,20,22H,1,10-13H2,(H,26,30)(H,27,29). The predicted octanol–water partition coefficient (Wildman–Crippen LogP) is 1.93. The third-order valence-corrected chi connectivity index (χ3v) is 7.73. The largest absolute Gasteiger partial charge is 0.354 e. The van der Waals surface area contributed by atoms with Crippen LogP contribution in [0, 0.1) is 17.6 Å². The molecule has 11 heteroatoms. The highest BCUT2D eigenvalue weighted by molar-refractivity contribution is 7.89. The number of sulfonamides is 1. The SMILES string of the molecule is C=CC(=O)NC1CC2CN(S(=O)(=O)c3ccc(C(=O)NCc4ccc(F)c(F)c4)cc3)CC2O1. The molecule has 2 aliphatic heterocycles. The summed E-state index contributed by atoms with van der Waals surface area (Å²) in [7, 11) is -3.79. The van der Waals surface area contributed by atoms with Gasteiger partial charge in [-0.05, 0) is 54.5 Å². The third-order valence-electron chi connectivity index (χ3n) is 5.88. The Morgan fingerprint density at radius 2 is 1.85 bits per heavy atom. The Balaban J connectivity index is 1.35. The van der Waals surface area contributed by atoms with Gasteiger partial charge in [-0.15, -0.1) is 0 Å². The highest BCUT2D eigenvalue weighted by atomic mass is 32.2. The Hall–Kier alpha value is -3.15. The quantitative estimate of drug-likeness (QED) is 0.576. The molecule has 0 spiro atoms. The van der Waals surface area contributed by atoms with Gasteiger partial charge in [0.15, 0.2) is 11.6 Å². The van der Waals surface area contributed by atoms with Gasteiger partial charge in [0, 0.05) is 31.1 Å². The molecule has 2 N–H and O–H groups in total. The first-order chi connectivity index (χ1) is 16.2. The summed E-state index contributed by atoms with van der Waals surface area (Å²) >= 11 is 0. The molecule has 0 bridgehead atoms. The van der Waals surface area contributed by atoms with Crippen LogP contribution in [-0.2, 0) is 26.1 Å². The number of amides is 2. The lowest BCUT2D eigenvalue weighted by Crippen LogP contribution is -2.37. The first-order valence-electron chi connectivity index (χ1n) is 10.6. The molecule has 2 fully saturated rings. The smallest absolute Gasteiger partial charge is 0.251 e. The van der Waals surface area contributed by atoms with Crippen molar-refractivity contribution in [1.82, 2.24) is 14.9 Å². The van der Waals surface area contributed by atoms with E-state index in [0.29, 0.717) is 12.0 Å². The Kier molecular flexibility index (Phi) is 6.78. The van der Waals surface area contributed by atoms with Crippen molar-refractivity contribution in [2.24, 2.45) is 5.92 Å². The number of benzene rings is 2. The van der Waals surface area contributed by atoms with Gasteiger partial charge in [0.1, 0.15) is 6.23 Å². The molecule has 2 heterocycles. The van der Waals surface area contributed by atoms with E-state index in [1.54, 1.807) is 0 Å². The van der Waals surface area contributed by atoms with E-state index >= 15 is 0 Å². The second-order valence-electron chi connectivity index (χ2n) is 8.15. The van der Waals surface area contributed by atoms with E-state index in [4.69, 9.17) is 4.74 Å². The summed E-state index contributed by atoms with van der Waals surface area (Å²) in [5.41, 5.74) is 0.614. The van der Waals surface area contributed by atoms with Gasteiger partial charge in [-0.3, -0.25) is 9.59 Å². The molecule has 0 radical (unpaired) electrons. The molecule has 2 aliphatic rings. The first kappa shape index (κ1) is 24.0. The molecule has 0 saturated carbocycles. The van der Waals surface area contributed by atoms with E-state index in [0.717, 1.165) is 18.2 Å². The average molecular weight is 492 g/mol. The summed E-state index contributed by atoms with van der Waals surface area (Å²) in [4.78, 5) is 23.8. The zero-order valence-corrected chi connectivity index (χ0v) is 18.9. The van der Waals surface area contributed by atoms with E-state index in [-0.39, 0.29) is 48.0 Å². The minimum atomic E-state index is -3.79. The van der Waals surface area contributed by atoms with Gasteiger partial charge in [0.25, 0.3) is 5.91 Å². The van der Waals surface area contributed by atoms with Crippen LogP contribution in [0.4, 0.5) is 8.78 Å². The zero-order chi connectivity index (χ0) is 24.5. The van der Waals surface area contributed by atoms with Crippen LogP contribution >= 0.6 is 0 Å². The molecule has 2 aromatic rings. The number of fused-ring (bicyclic) bond motifs is 1. The second kappa shape index (κ2) is 9.61. The molecule has 2 aromatic carbocycles. The lowest BCUT2D eigenvalue weighted by Gasteiger charge is -2.19. The molecule has 3 atom stereocenters. The number of halogens is 2. The summed E-state index contributed by atoms with van der Waals surface area (Å²) in [6.45, 7) is 3.82. The van der Waals surface area contributed by atoms with Crippen LogP contribution in [0.5, 0.6) is 0 Å². The fraction of sp³-hybridized carbons (Fsp3) is 0.304. The van der Waals surface area contributed by atoms with Crippen molar-refractivity contribution in [3.8, 4) is 0 Å². The van der Waals surface area contributed by atoms with Gasteiger partial charge in [-0.1, -0.05) is 12.6 Å². The second-order valence-corrected chi connectivity index (χ2v) is 10.1. The Morgan fingerprint density at radius 3 is 2.50 bits per heavy atom. The number of hydrogen-bond acceptors (Lipinski definition) is 5. The monoisotopic (exact) mass is 491 g/mol. The summed E-state index contributed by atoms with van der Waals surface area (Å²) in [6, 6.07) is 8.82. The molecule has 34 heavy (non-hydrogen) atoms. The van der Waals surface area contributed by atoms with Crippen LogP contribution < -0.4 is 10.6 Å². The number of rotatable bonds is 7. The van der Waals surface area contributed by atoms with Crippen LogP contribution in [0.2, 0.25) is 0 Å². The fourth-order valence-corrected chi connectivity index (χ4v) is 5.60. The summed E-state index contributed by atoms with van der Waals surface area (Å²) in [6.07, 6.45) is 0.884. The number of ether oxygens (including phenoxy) is 1. The summed E-state index contributed by atoms with van der Waals surface area (Å²) in [5, 5.41) is 5.25. The van der Waals surface area contributed by atoms with Crippen LogP contribution in [-0.4, -0.2) is 50.0 Å². The summed E-state index contributed by atoms with van der Waals surface area (Å²) in [5.74, 6) is -2.84. The maximum absolute atomic E-state index is 13.3. The van der Waals surface area contributed by atoms with Crippen molar-refractivity contribution in [3.05, 3.63) is 77.9 Å². The summed E-state index contributed by atoms with van der Waals surface area (Å²) < 4.78 is 59.5. The van der Waals surface area contributed by atoms with Crippen LogP contribution in [0.3, 0.4) is 0 Å². The fourth-order valence-electron chi connectivity index (χ4n) is 4.09. The molecule has 4 rings (SSSR count). The van der Waals surface area contributed by atoms with Gasteiger partial charge >= 0.3 is 0 Å². The van der Waals surface area contributed by atoms with E-state index in [1.165, 1.54) is 34.6 Å². The molecule has 3 unspecified atom stereocenters. The maximum Gasteiger partial charge on any atom is 0.251 e. The van der Waals surface area contributed by atoms with E-state index in [9.17, 15) is 26.8 Å². The molecule has 8 nitrogen and oxygen atoms in total. The molecule has 0 aliphatic carbocycles. The van der Waals surface area contributed by atoms with Crippen molar-refractivity contribution in [1.29, 1.82) is 0 Å². The van der Waals surface area contributed by atoms with Crippen molar-refractivity contribution in [2.45, 2.75) is 30.2 Å². The van der Waals surface area contributed by atoms with E-state index in [2.05, 4.69) is 17.2 Å². The maximum atomic E-state index is 13.3. The van der Waals surface area contributed by atoms with Gasteiger partial charge in [-0.25, -0.2) is 17.2 Å². The Bertz CT molecular complexity index is 1210. The minimum absolute atomic E-state index is 0.0130. The zero-order valence-electron chi connectivity index (χ0n) is 18.0. The van der Waals surface area contributed by atoms with Crippen molar-refractivity contribution in [2.75, 3.05) is 13.1 Å². The van der Waals surface area contributed by atoms with E-state index < -0.39 is 33.8 Å². The van der Waals surface area contributed by atoms with E-state index in [1.807, 2.05) is 0 Å². The van der Waals surface area contributed by atoms with Gasteiger partial charge in [0.2, 0.25) is 15.9 Å². The number of nitrogens with one attached hydrogen (secondary N) is 2. The molecular formula is C23H23F2N3O5S. The van der Waals surface area contributed by atoms with Crippen LogP contribution in [0.25, 0.3) is 0 Å². The molecule has 2 saturated heterocycles. The normalized spacial score (nSPS) is 22.2. The molecule has 2 amide bonds. The molecular weight excluding hydrogens is 468 g/mol. The van der Waals surface area contributed by atoms with Gasteiger partial charge in [0.05, 0.1) is 11.0 Å². The third kappa shape index (κ3) is 5.01. The lowest BCUT2D eigenvalue weighted by molar-refractivity contribution is -0.120. The van der Waals surface area contributed by atoms with Gasteiger partial charge in [-0.2, -0.15) is 4.31 Å². The Labute approximate surface area is 195 Å². The highest BCUT2D eigenvalue weighted by Crippen LogP contribution is 2.34. The van der Waals surface area contributed by atoms with Crippen LogP contribution in [0.1, 0.15) is 22.3 Å². The lowest BCUT2D eigenvalue weighted by atomic mass is 10.1.